The molecule has 0 unspecified atom stereocenters. The number of pyridine rings is 1. The summed E-state index contributed by atoms with van der Waals surface area (Å²) in [6.45, 7) is 4.35. The third-order valence-electron chi connectivity index (χ3n) is 3.59. The summed E-state index contributed by atoms with van der Waals surface area (Å²) < 4.78 is 54.3. The molecule has 0 bridgehead atoms. The quantitative estimate of drug-likeness (QED) is 0.486. The van der Waals surface area contributed by atoms with Crippen LogP contribution in [-0.2, 0) is 6.18 Å². The van der Waals surface area contributed by atoms with E-state index in [1.165, 1.54) is 17.4 Å². The molecule has 0 saturated heterocycles. The number of hydrogen-bond donors (Lipinski definition) is 0. The number of thiazole rings is 1. The second kappa shape index (κ2) is 8.47. The van der Waals surface area contributed by atoms with E-state index in [0.29, 0.717) is 23.3 Å². The fourth-order valence-corrected chi connectivity index (χ4v) is 3.03. The minimum atomic E-state index is -4.43. The molecule has 148 valence electrons. The second-order valence-electron chi connectivity index (χ2n) is 5.68. The van der Waals surface area contributed by atoms with E-state index in [2.05, 4.69) is 9.97 Å². The number of rotatable bonds is 7. The van der Waals surface area contributed by atoms with Crippen LogP contribution in [0.3, 0.4) is 0 Å². The predicted molar refractivity (Wildman–Crippen MR) is 98.1 cm³/mol. The van der Waals surface area contributed by atoms with Gasteiger partial charge < -0.3 is 14.2 Å². The third-order valence-corrected chi connectivity index (χ3v) is 4.66. The van der Waals surface area contributed by atoms with Crippen molar-refractivity contribution in [1.82, 2.24) is 9.97 Å². The molecule has 0 aliphatic carbocycles. The van der Waals surface area contributed by atoms with Crippen LogP contribution in [0.1, 0.15) is 30.4 Å². The monoisotopic (exact) mass is 410 g/mol. The maximum Gasteiger partial charge on any atom is 0.417 e. The Hall–Kier alpha value is -2.81. The largest absolute Gasteiger partial charge is 0.485 e. The van der Waals surface area contributed by atoms with Crippen molar-refractivity contribution in [2.75, 3.05) is 6.61 Å². The molecule has 0 spiro atoms. The molecule has 0 saturated carbocycles. The number of ether oxygens (including phenoxy) is 3. The maximum atomic E-state index is 12.6. The van der Waals surface area contributed by atoms with Gasteiger partial charge in [-0.2, -0.15) is 13.2 Å². The van der Waals surface area contributed by atoms with Crippen LogP contribution in [-0.4, -0.2) is 16.6 Å². The first-order chi connectivity index (χ1) is 13.3. The van der Waals surface area contributed by atoms with Gasteiger partial charge in [0.25, 0.3) is 5.19 Å². The number of hydrogen-bond acceptors (Lipinski definition) is 6. The highest BCUT2D eigenvalue weighted by Gasteiger charge is 2.30. The zero-order valence-corrected chi connectivity index (χ0v) is 15.9. The van der Waals surface area contributed by atoms with Gasteiger partial charge in [0, 0.05) is 18.5 Å². The summed E-state index contributed by atoms with van der Waals surface area (Å²) in [5.74, 6) is 1.12. The fraction of sp³-hybridized carbons (Fsp3) is 0.263. The Morgan fingerprint density at radius 3 is 2.32 bits per heavy atom. The molecule has 3 aromatic rings. The zero-order chi connectivity index (χ0) is 20.1. The average Bonchev–Trinajstić information content (AvgIpc) is 3.12. The Balaban J connectivity index is 1.59. The van der Waals surface area contributed by atoms with E-state index in [9.17, 15) is 13.2 Å². The average molecular weight is 410 g/mol. The van der Waals surface area contributed by atoms with Gasteiger partial charge in [0.1, 0.15) is 17.6 Å². The van der Waals surface area contributed by atoms with Crippen LogP contribution in [0.15, 0.2) is 48.8 Å². The van der Waals surface area contributed by atoms with Gasteiger partial charge in [-0.3, -0.25) is 0 Å². The summed E-state index contributed by atoms with van der Waals surface area (Å²) >= 11 is 1.42. The molecule has 1 aromatic carbocycles. The third kappa shape index (κ3) is 5.13. The Morgan fingerprint density at radius 2 is 1.71 bits per heavy atom. The molecular formula is C19H17F3N2O3S. The van der Waals surface area contributed by atoms with Crippen LogP contribution in [0.5, 0.6) is 22.6 Å². The molecule has 0 fully saturated rings. The van der Waals surface area contributed by atoms with Crippen LogP contribution in [0.2, 0.25) is 0 Å². The fourth-order valence-electron chi connectivity index (χ4n) is 2.23. The highest BCUT2D eigenvalue weighted by molar-refractivity contribution is 7.13. The summed E-state index contributed by atoms with van der Waals surface area (Å²) in [4.78, 5) is 8.78. The standard InChI is InChI=1S/C19H17F3N2O3S/c1-3-25-18-24-11-16(28-18)12(2)26-14-5-7-15(8-6-14)27-17-9-4-13(10-23-17)19(20,21)22/h4-12H,3H2,1-2H3/t12-/m1/s1. The molecule has 0 N–H and O–H groups in total. The minimum Gasteiger partial charge on any atom is -0.485 e. The lowest BCUT2D eigenvalue weighted by Gasteiger charge is -2.13. The molecule has 28 heavy (non-hydrogen) atoms. The summed E-state index contributed by atoms with van der Waals surface area (Å²) in [5, 5.41) is 0.598. The van der Waals surface area contributed by atoms with Gasteiger partial charge in [0.05, 0.1) is 17.0 Å². The summed E-state index contributed by atoms with van der Waals surface area (Å²) in [5.41, 5.74) is -0.826. The smallest absolute Gasteiger partial charge is 0.417 e. The molecule has 9 heteroatoms. The predicted octanol–water partition coefficient (Wildman–Crippen LogP) is 5.89. The van der Waals surface area contributed by atoms with E-state index >= 15 is 0 Å². The lowest BCUT2D eigenvalue weighted by molar-refractivity contribution is -0.137. The Morgan fingerprint density at radius 1 is 1.00 bits per heavy atom. The number of aromatic nitrogens is 2. The first-order valence-corrected chi connectivity index (χ1v) is 9.23. The van der Waals surface area contributed by atoms with E-state index in [1.807, 2.05) is 13.8 Å². The molecular weight excluding hydrogens is 393 g/mol. The van der Waals surface area contributed by atoms with E-state index in [4.69, 9.17) is 14.2 Å². The lowest BCUT2D eigenvalue weighted by atomic mass is 10.3. The summed E-state index contributed by atoms with van der Waals surface area (Å²) in [7, 11) is 0. The van der Waals surface area contributed by atoms with Crippen LogP contribution < -0.4 is 14.2 Å². The van der Waals surface area contributed by atoms with E-state index in [1.54, 1.807) is 30.5 Å². The van der Waals surface area contributed by atoms with E-state index < -0.39 is 11.7 Å². The van der Waals surface area contributed by atoms with Crippen LogP contribution in [0, 0.1) is 0 Å². The molecule has 5 nitrogen and oxygen atoms in total. The number of nitrogens with zero attached hydrogens (tertiary/aromatic N) is 2. The lowest BCUT2D eigenvalue weighted by Crippen LogP contribution is -2.05. The molecule has 0 radical (unpaired) electrons. The SMILES string of the molecule is CCOc1ncc([C@@H](C)Oc2ccc(Oc3ccc(C(F)(F)F)cn3)cc2)s1. The van der Waals surface area contributed by atoms with Gasteiger partial charge in [-0.05, 0) is 44.2 Å². The van der Waals surface area contributed by atoms with Crippen LogP contribution in [0.4, 0.5) is 13.2 Å². The van der Waals surface area contributed by atoms with Crippen molar-refractivity contribution in [1.29, 1.82) is 0 Å². The van der Waals surface area contributed by atoms with Gasteiger partial charge in [-0.15, -0.1) is 0 Å². The first-order valence-electron chi connectivity index (χ1n) is 8.41. The first kappa shape index (κ1) is 19.9. The van der Waals surface area contributed by atoms with Crippen molar-refractivity contribution in [3.8, 4) is 22.6 Å². The van der Waals surface area contributed by atoms with Crippen molar-refractivity contribution in [3.05, 3.63) is 59.2 Å². The Labute approximate surface area is 163 Å². The van der Waals surface area contributed by atoms with E-state index in [-0.39, 0.29) is 12.0 Å². The molecule has 1 atom stereocenters. The highest BCUT2D eigenvalue weighted by Crippen LogP contribution is 2.32. The van der Waals surface area contributed by atoms with Crippen LogP contribution in [0.25, 0.3) is 0 Å². The van der Waals surface area contributed by atoms with Crippen molar-refractivity contribution < 1.29 is 27.4 Å². The molecule has 0 aliphatic rings. The number of benzene rings is 1. The van der Waals surface area contributed by atoms with E-state index in [0.717, 1.165) is 17.1 Å². The van der Waals surface area contributed by atoms with Crippen molar-refractivity contribution in [2.45, 2.75) is 26.1 Å². The molecule has 0 aliphatic heterocycles. The van der Waals surface area contributed by atoms with Gasteiger partial charge in [0.15, 0.2) is 0 Å². The van der Waals surface area contributed by atoms with Crippen molar-refractivity contribution in [2.24, 2.45) is 0 Å². The number of halogens is 3. The topological polar surface area (TPSA) is 53.5 Å². The van der Waals surface area contributed by atoms with Gasteiger partial charge >= 0.3 is 6.18 Å². The molecule has 3 rings (SSSR count). The van der Waals surface area contributed by atoms with Crippen molar-refractivity contribution >= 4 is 11.3 Å². The molecule has 0 amide bonds. The normalized spacial score (nSPS) is 12.5. The highest BCUT2D eigenvalue weighted by atomic mass is 32.1. The zero-order valence-electron chi connectivity index (χ0n) is 15.1. The van der Waals surface area contributed by atoms with Gasteiger partial charge in [-0.1, -0.05) is 11.3 Å². The van der Waals surface area contributed by atoms with Gasteiger partial charge in [0.2, 0.25) is 5.88 Å². The summed E-state index contributed by atoms with van der Waals surface area (Å²) in [6.07, 6.45) is -2.19. The molecule has 2 heterocycles. The second-order valence-corrected chi connectivity index (χ2v) is 6.70. The van der Waals surface area contributed by atoms with Crippen molar-refractivity contribution in [3.63, 3.8) is 0 Å². The Bertz CT molecular complexity index is 896. The van der Waals surface area contributed by atoms with Gasteiger partial charge in [-0.25, -0.2) is 9.97 Å². The maximum absolute atomic E-state index is 12.6. The van der Waals surface area contributed by atoms with Crippen LogP contribution >= 0.6 is 11.3 Å². The minimum absolute atomic E-state index is 0.0724. The Kier molecular flexibility index (Phi) is 6.03. The number of alkyl halides is 3. The molecule has 2 aromatic heterocycles. The summed E-state index contributed by atoms with van der Waals surface area (Å²) in [6, 6.07) is 8.82.